The third-order valence-electron chi connectivity index (χ3n) is 2.31. The van der Waals surface area contributed by atoms with E-state index in [-0.39, 0.29) is 0 Å². The Morgan fingerprint density at radius 3 is 2.31 bits per heavy atom. The van der Waals surface area contributed by atoms with Crippen LogP contribution in [-0.2, 0) is 14.3 Å². The smallest absolute Gasteiger partial charge is 0.407 e. The van der Waals surface area contributed by atoms with Crippen molar-refractivity contribution in [3.63, 3.8) is 0 Å². The predicted molar refractivity (Wildman–Crippen MR) is 60.1 cm³/mol. The second kappa shape index (κ2) is 9.00. The Hall–Kier alpha value is -1.26. The van der Waals surface area contributed by atoms with Crippen molar-refractivity contribution in [2.24, 2.45) is 0 Å². The van der Waals surface area contributed by atoms with Crippen molar-refractivity contribution in [3.05, 3.63) is 0 Å². The summed E-state index contributed by atoms with van der Waals surface area (Å²) in [5.41, 5.74) is 0. The number of hydrogen-bond donors (Lipinski definition) is 1. The van der Waals surface area contributed by atoms with Gasteiger partial charge in [0.25, 0.3) is 0 Å². The van der Waals surface area contributed by atoms with Crippen LogP contribution < -0.4 is 5.32 Å². The van der Waals surface area contributed by atoms with Crippen LogP contribution in [0.1, 0.15) is 39.0 Å². The van der Waals surface area contributed by atoms with Crippen LogP contribution in [0, 0.1) is 0 Å². The monoisotopic (exact) mass is 231 g/mol. The van der Waals surface area contributed by atoms with Gasteiger partial charge in [-0.3, -0.25) is 0 Å². The van der Waals surface area contributed by atoms with Gasteiger partial charge < -0.3 is 14.8 Å². The standard InChI is InChI=1S/C11H21NO4/c1-4-5-6-7-8-9(10(13)15-2)12-11(14)16-3/h9H,4-8H2,1-3H3,(H,12,14). The first-order valence-electron chi connectivity index (χ1n) is 5.58. The SMILES string of the molecule is CCCCCCC(NC(=O)OC)C(=O)OC. The molecule has 16 heavy (non-hydrogen) atoms. The summed E-state index contributed by atoms with van der Waals surface area (Å²) >= 11 is 0. The lowest BCUT2D eigenvalue weighted by Crippen LogP contribution is -2.41. The summed E-state index contributed by atoms with van der Waals surface area (Å²) in [6, 6.07) is -0.602. The molecule has 0 bridgehead atoms. The van der Waals surface area contributed by atoms with Gasteiger partial charge in [0.05, 0.1) is 14.2 Å². The van der Waals surface area contributed by atoms with E-state index in [4.69, 9.17) is 0 Å². The largest absolute Gasteiger partial charge is 0.467 e. The number of amides is 1. The molecule has 0 heterocycles. The summed E-state index contributed by atoms with van der Waals surface area (Å²) in [4.78, 5) is 22.3. The van der Waals surface area contributed by atoms with E-state index in [0.29, 0.717) is 6.42 Å². The third kappa shape index (κ3) is 6.27. The molecule has 0 spiro atoms. The fourth-order valence-corrected chi connectivity index (χ4v) is 1.37. The van der Waals surface area contributed by atoms with Gasteiger partial charge in [0.2, 0.25) is 0 Å². The van der Waals surface area contributed by atoms with Crippen molar-refractivity contribution < 1.29 is 19.1 Å². The molecule has 1 unspecified atom stereocenters. The van der Waals surface area contributed by atoms with Crippen LogP contribution in [0.4, 0.5) is 4.79 Å². The zero-order chi connectivity index (χ0) is 12.4. The molecule has 0 radical (unpaired) electrons. The number of carbonyl (C=O) groups is 2. The summed E-state index contributed by atoms with van der Waals surface area (Å²) in [6.07, 6.45) is 4.18. The molecule has 0 rings (SSSR count). The van der Waals surface area contributed by atoms with E-state index in [0.717, 1.165) is 25.7 Å². The number of unbranched alkanes of at least 4 members (excludes halogenated alkanes) is 3. The topological polar surface area (TPSA) is 64.6 Å². The third-order valence-corrected chi connectivity index (χ3v) is 2.31. The fourth-order valence-electron chi connectivity index (χ4n) is 1.37. The maximum Gasteiger partial charge on any atom is 0.407 e. The van der Waals surface area contributed by atoms with E-state index in [1.54, 1.807) is 0 Å². The first-order chi connectivity index (χ1) is 7.65. The Morgan fingerprint density at radius 1 is 1.12 bits per heavy atom. The summed E-state index contributed by atoms with van der Waals surface area (Å²) in [6.45, 7) is 2.12. The van der Waals surface area contributed by atoms with Gasteiger partial charge in [0.15, 0.2) is 0 Å². The predicted octanol–water partition coefficient (Wildman–Crippen LogP) is 1.85. The summed E-state index contributed by atoms with van der Waals surface area (Å²) in [5, 5.41) is 2.46. The average molecular weight is 231 g/mol. The van der Waals surface area contributed by atoms with Crippen LogP contribution >= 0.6 is 0 Å². The van der Waals surface area contributed by atoms with Crippen molar-refractivity contribution in [1.29, 1.82) is 0 Å². The van der Waals surface area contributed by atoms with Crippen molar-refractivity contribution in [3.8, 4) is 0 Å². The average Bonchev–Trinajstić information content (AvgIpc) is 2.31. The molecule has 1 N–H and O–H groups in total. The lowest BCUT2D eigenvalue weighted by atomic mass is 10.1. The Morgan fingerprint density at radius 2 is 1.81 bits per heavy atom. The molecule has 0 aliphatic rings. The molecule has 94 valence electrons. The van der Waals surface area contributed by atoms with E-state index < -0.39 is 18.1 Å². The van der Waals surface area contributed by atoms with Crippen LogP contribution in [0.15, 0.2) is 0 Å². The van der Waals surface area contributed by atoms with Gasteiger partial charge in [-0.2, -0.15) is 0 Å². The number of hydrogen-bond acceptors (Lipinski definition) is 4. The van der Waals surface area contributed by atoms with Crippen molar-refractivity contribution >= 4 is 12.1 Å². The molecule has 5 heteroatoms. The van der Waals surface area contributed by atoms with Crippen molar-refractivity contribution in [2.45, 2.75) is 45.1 Å². The number of carbonyl (C=O) groups excluding carboxylic acids is 2. The highest BCUT2D eigenvalue weighted by Gasteiger charge is 2.20. The van der Waals surface area contributed by atoms with Crippen molar-refractivity contribution in [1.82, 2.24) is 5.32 Å². The molecular formula is C11H21NO4. The lowest BCUT2D eigenvalue weighted by Gasteiger charge is -2.15. The molecule has 1 atom stereocenters. The van der Waals surface area contributed by atoms with Crippen LogP contribution in [0.25, 0.3) is 0 Å². The fraction of sp³-hybridized carbons (Fsp3) is 0.818. The van der Waals surface area contributed by atoms with Crippen molar-refractivity contribution in [2.75, 3.05) is 14.2 Å². The Labute approximate surface area is 96.5 Å². The number of alkyl carbamates (subject to hydrolysis) is 1. The van der Waals surface area contributed by atoms with E-state index >= 15 is 0 Å². The number of esters is 1. The highest BCUT2D eigenvalue weighted by atomic mass is 16.5. The molecule has 0 aliphatic carbocycles. The van der Waals surface area contributed by atoms with E-state index in [9.17, 15) is 9.59 Å². The van der Waals surface area contributed by atoms with Crippen LogP contribution in [0.3, 0.4) is 0 Å². The number of nitrogens with one attached hydrogen (secondary N) is 1. The molecule has 0 aromatic rings. The van der Waals surface area contributed by atoms with Gasteiger partial charge >= 0.3 is 12.1 Å². The maximum absolute atomic E-state index is 11.3. The maximum atomic E-state index is 11.3. The molecule has 0 saturated heterocycles. The molecule has 0 fully saturated rings. The quantitative estimate of drug-likeness (QED) is 0.536. The first kappa shape index (κ1) is 14.7. The molecule has 0 aromatic carbocycles. The van der Waals surface area contributed by atoms with Gasteiger partial charge in [0.1, 0.15) is 6.04 Å². The summed E-state index contributed by atoms with van der Waals surface area (Å²) in [5.74, 6) is -0.429. The highest BCUT2D eigenvalue weighted by Crippen LogP contribution is 2.07. The summed E-state index contributed by atoms with van der Waals surface area (Å²) in [7, 11) is 2.57. The minimum Gasteiger partial charge on any atom is -0.467 e. The molecular weight excluding hydrogens is 210 g/mol. The van der Waals surface area contributed by atoms with E-state index in [1.807, 2.05) is 0 Å². The molecule has 0 saturated carbocycles. The molecule has 0 aliphatic heterocycles. The van der Waals surface area contributed by atoms with Gasteiger partial charge in [-0.15, -0.1) is 0 Å². The molecule has 5 nitrogen and oxygen atoms in total. The van der Waals surface area contributed by atoms with E-state index in [1.165, 1.54) is 14.2 Å². The van der Waals surface area contributed by atoms with Crippen LogP contribution in [0.5, 0.6) is 0 Å². The Bertz CT molecular complexity index is 218. The number of methoxy groups -OCH3 is 2. The van der Waals surface area contributed by atoms with Crippen LogP contribution in [0.2, 0.25) is 0 Å². The number of ether oxygens (including phenoxy) is 2. The first-order valence-corrected chi connectivity index (χ1v) is 5.58. The number of rotatable bonds is 7. The minimum absolute atomic E-state index is 0.429. The normalized spacial score (nSPS) is 11.7. The Kier molecular flexibility index (Phi) is 8.29. The lowest BCUT2D eigenvalue weighted by molar-refractivity contribution is -0.143. The summed E-state index contributed by atoms with van der Waals surface area (Å²) < 4.78 is 9.05. The van der Waals surface area contributed by atoms with Gasteiger partial charge in [-0.1, -0.05) is 32.6 Å². The second-order valence-electron chi connectivity index (χ2n) is 3.56. The second-order valence-corrected chi connectivity index (χ2v) is 3.56. The minimum atomic E-state index is -0.606. The van der Waals surface area contributed by atoms with E-state index in [2.05, 4.69) is 21.7 Å². The zero-order valence-corrected chi connectivity index (χ0v) is 10.2. The van der Waals surface area contributed by atoms with Gasteiger partial charge in [-0.05, 0) is 6.42 Å². The Balaban J connectivity index is 4.00. The zero-order valence-electron chi connectivity index (χ0n) is 10.2. The highest BCUT2D eigenvalue weighted by molar-refractivity contribution is 5.81. The molecule has 0 aromatic heterocycles. The van der Waals surface area contributed by atoms with Gasteiger partial charge in [-0.25, -0.2) is 9.59 Å². The molecule has 1 amide bonds. The van der Waals surface area contributed by atoms with Gasteiger partial charge in [0, 0.05) is 0 Å². The van der Waals surface area contributed by atoms with Crippen LogP contribution in [-0.4, -0.2) is 32.3 Å².